The Hall–Kier alpha value is -3.55. The van der Waals surface area contributed by atoms with Crippen molar-refractivity contribution >= 4 is 46.0 Å². The number of Topliss-reactive ketones (excluding diaryl/α,β-unsaturated/α-hetero) is 1. The fraction of sp³-hybridized carbons (Fsp3) is 0.276. The van der Waals surface area contributed by atoms with Gasteiger partial charge < -0.3 is 19.2 Å². The minimum atomic E-state index is -0.375. The Bertz CT molecular complexity index is 1550. The zero-order chi connectivity index (χ0) is 27.0. The highest BCUT2D eigenvalue weighted by Gasteiger charge is 2.26. The highest BCUT2D eigenvalue weighted by Crippen LogP contribution is 2.43. The number of likely N-dealkylation sites (tertiary alicyclic amines) is 1. The van der Waals surface area contributed by atoms with E-state index >= 15 is 0 Å². The highest BCUT2D eigenvalue weighted by atomic mass is 35.5. The molecule has 0 bridgehead atoms. The molecule has 2 aromatic rings. The van der Waals surface area contributed by atoms with Crippen molar-refractivity contribution in [3.63, 3.8) is 0 Å². The second-order valence-corrected chi connectivity index (χ2v) is 10.2. The van der Waals surface area contributed by atoms with Crippen molar-refractivity contribution < 1.29 is 23.8 Å². The number of nitrogens with zero attached hydrogens (tertiary/aromatic N) is 1. The van der Waals surface area contributed by atoms with Gasteiger partial charge in [-0.3, -0.25) is 9.59 Å². The number of carbonyl (C=O) groups is 2. The lowest BCUT2D eigenvalue weighted by Gasteiger charge is -2.30. The van der Waals surface area contributed by atoms with Crippen LogP contribution in [0.5, 0.6) is 5.75 Å². The van der Waals surface area contributed by atoms with Crippen molar-refractivity contribution in [2.24, 2.45) is 5.92 Å². The molecule has 1 aliphatic carbocycles. The minimum Gasteiger partial charge on any atom is -0.506 e. The number of hydrogen-bond donors (Lipinski definition) is 1. The van der Waals surface area contributed by atoms with E-state index in [0.29, 0.717) is 54.0 Å². The van der Waals surface area contributed by atoms with Gasteiger partial charge >= 0.3 is 6.09 Å². The molecule has 0 radical (unpaired) electrons. The molecule has 1 amide bonds. The Kier molecular flexibility index (Phi) is 7.32. The second kappa shape index (κ2) is 10.7. The van der Waals surface area contributed by atoms with Crippen LogP contribution in [0.4, 0.5) is 4.79 Å². The van der Waals surface area contributed by atoms with Crippen molar-refractivity contribution in [1.29, 1.82) is 0 Å². The van der Waals surface area contributed by atoms with Gasteiger partial charge in [-0.2, -0.15) is 0 Å². The zero-order valence-corrected chi connectivity index (χ0v) is 22.1. The molecule has 0 unspecified atom stereocenters. The first-order valence-electron chi connectivity index (χ1n) is 12.4. The Balaban J connectivity index is 1.42. The molecule has 1 N–H and O–H groups in total. The number of fused-ring (bicyclic) bond motifs is 2. The molecule has 196 valence electrons. The Morgan fingerprint density at radius 1 is 1.05 bits per heavy atom. The molecule has 5 rings (SSSR count). The Morgan fingerprint density at radius 2 is 1.76 bits per heavy atom. The molecule has 0 spiro atoms. The molecule has 1 saturated heterocycles. The fourth-order valence-corrected chi connectivity index (χ4v) is 5.28. The van der Waals surface area contributed by atoms with Gasteiger partial charge in [-0.1, -0.05) is 47.5 Å². The molecule has 38 heavy (non-hydrogen) atoms. The smallest absolute Gasteiger partial charge is 0.409 e. The molecule has 0 atom stereocenters. The molecule has 2 aromatic carbocycles. The van der Waals surface area contributed by atoms with Gasteiger partial charge in [0.2, 0.25) is 5.43 Å². The SMILES string of the molecule is CCOC(=O)N1CCC(CC(=O)c2ccc(-c3c4cc(Cl)c(=O)cc-4oc4cc(O)c(Cl)cc34)cc2)CC1. The van der Waals surface area contributed by atoms with E-state index in [-0.39, 0.29) is 39.0 Å². The fourth-order valence-electron chi connectivity index (χ4n) is 4.95. The number of benzene rings is 3. The number of ketones is 1. The highest BCUT2D eigenvalue weighted by molar-refractivity contribution is 6.33. The van der Waals surface area contributed by atoms with Crippen LogP contribution in [0.3, 0.4) is 0 Å². The number of phenols is 1. The maximum atomic E-state index is 13.0. The van der Waals surface area contributed by atoms with Crippen LogP contribution in [0.1, 0.15) is 36.5 Å². The van der Waals surface area contributed by atoms with Crippen LogP contribution in [0.2, 0.25) is 10.0 Å². The van der Waals surface area contributed by atoms with Gasteiger partial charge in [0, 0.05) is 53.7 Å². The molecular formula is C29H25Cl2NO6. The third-order valence-electron chi connectivity index (χ3n) is 6.95. The van der Waals surface area contributed by atoms with Gasteiger partial charge in [0.05, 0.1) is 16.7 Å². The van der Waals surface area contributed by atoms with Crippen LogP contribution in [-0.2, 0) is 4.74 Å². The maximum Gasteiger partial charge on any atom is 0.409 e. The number of piperidine rings is 1. The first-order chi connectivity index (χ1) is 18.2. The lowest BCUT2D eigenvalue weighted by Crippen LogP contribution is -2.39. The predicted molar refractivity (Wildman–Crippen MR) is 146 cm³/mol. The van der Waals surface area contributed by atoms with Crippen LogP contribution in [0.15, 0.2) is 57.7 Å². The summed E-state index contributed by atoms with van der Waals surface area (Å²) in [5, 5.41) is 10.9. The number of hydrogen-bond acceptors (Lipinski definition) is 6. The molecule has 9 heteroatoms. The molecule has 0 aromatic heterocycles. The normalized spacial score (nSPS) is 14.2. The number of aromatic hydroxyl groups is 1. The number of ether oxygens (including phenoxy) is 1. The van der Waals surface area contributed by atoms with Crippen molar-refractivity contribution in [2.75, 3.05) is 19.7 Å². The van der Waals surface area contributed by atoms with E-state index in [0.717, 1.165) is 24.0 Å². The van der Waals surface area contributed by atoms with E-state index in [2.05, 4.69) is 0 Å². The standard InChI is InChI=1S/C29H25Cl2NO6/c1-2-37-29(36)32-9-7-16(8-10-32)11-23(33)17-3-5-18(6-4-17)28-19-12-21(30)24(34)14-26(19)38-27-15-25(35)22(31)13-20(27)28/h3-6,12-16,34H,2,7-11H2,1H3. The first-order valence-corrected chi connectivity index (χ1v) is 13.1. The van der Waals surface area contributed by atoms with Crippen molar-refractivity contribution in [2.45, 2.75) is 26.2 Å². The molecule has 2 aliphatic heterocycles. The van der Waals surface area contributed by atoms with Crippen LogP contribution in [0, 0.1) is 5.92 Å². The van der Waals surface area contributed by atoms with Crippen LogP contribution >= 0.6 is 23.2 Å². The van der Waals surface area contributed by atoms with Crippen LogP contribution in [-0.4, -0.2) is 41.6 Å². The summed E-state index contributed by atoms with van der Waals surface area (Å²) >= 11 is 12.4. The summed E-state index contributed by atoms with van der Waals surface area (Å²) in [4.78, 5) is 38.8. The summed E-state index contributed by atoms with van der Waals surface area (Å²) in [5.74, 6) is 0.419. The lowest BCUT2D eigenvalue weighted by atomic mass is 9.89. The average Bonchev–Trinajstić information content (AvgIpc) is 2.90. The summed E-state index contributed by atoms with van der Waals surface area (Å²) in [7, 11) is 0. The zero-order valence-electron chi connectivity index (χ0n) is 20.6. The molecular weight excluding hydrogens is 529 g/mol. The van der Waals surface area contributed by atoms with E-state index in [4.69, 9.17) is 32.4 Å². The summed E-state index contributed by atoms with van der Waals surface area (Å²) in [6, 6.07) is 13.1. The van der Waals surface area contributed by atoms with Crippen molar-refractivity contribution in [1.82, 2.24) is 4.90 Å². The van der Waals surface area contributed by atoms with Gasteiger partial charge in [-0.05, 0) is 43.4 Å². The van der Waals surface area contributed by atoms with Crippen molar-refractivity contribution in [3.8, 4) is 28.2 Å². The summed E-state index contributed by atoms with van der Waals surface area (Å²) in [6.07, 6.45) is 1.61. The molecule has 3 aliphatic rings. The van der Waals surface area contributed by atoms with Gasteiger partial charge in [0.25, 0.3) is 0 Å². The van der Waals surface area contributed by atoms with E-state index in [1.165, 1.54) is 12.1 Å². The molecule has 2 heterocycles. The van der Waals surface area contributed by atoms with Gasteiger partial charge in [0.15, 0.2) is 5.78 Å². The van der Waals surface area contributed by atoms with Crippen LogP contribution in [0.25, 0.3) is 33.4 Å². The van der Waals surface area contributed by atoms with Crippen molar-refractivity contribution in [3.05, 3.63) is 74.4 Å². The predicted octanol–water partition coefficient (Wildman–Crippen LogP) is 7.02. The van der Waals surface area contributed by atoms with Gasteiger partial charge in [-0.15, -0.1) is 0 Å². The third kappa shape index (κ3) is 5.08. The number of halogens is 2. The third-order valence-corrected chi connectivity index (χ3v) is 7.55. The molecule has 0 saturated carbocycles. The number of phenolic OH excluding ortho intramolecular Hbond substituents is 1. The van der Waals surface area contributed by atoms with E-state index < -0.39 is 0 Å². The summed E-state index contributed by atoms with van der Waals surface area (Å²) in [5.41, 5.74) is 2.66. The van der Waals surface area contributed by atoms with E-state index in [9.17, 15) is 19.5 Å². The molecule has 1 fully saturated rings. The van der Waals surface area contributed by atoms with Gasteiger partial charge in [0.1, 0.15) is 17.1 Å². The van der Waals surface area contributed by atoms with Gasteiger partial charge in [-0.25, -0.2) is 4.79 Å². The number of amides is 1. The Morgan fingerprint density at radius 3 is 2.45 bits per heavy atom. The van der Waals surface area contributed by atoms with Crippen LogP contribution < -0.4 is 5.43 Å². The largest absolute Gasteiger partial charge is 0.506 e. The van der Waals surface area contributed by atoms with E-state index in [1.807, 2.05) is 12.1 Å². The first kappa shape index (κ1) is 26.1. The second-order valence-electron chi connectivity index (χ2n) is 9.39. The summed E-state index contributed by atoms with van der Waals surface area (Å²) in [6.45, 7) is 3.30. The lowest BCUT2D eigenvalue weighted by molar-refractivity contribution is 0.0846. The minimum absolute atomic E-state index is 0.0379. The number of carbonyl (C=O) groups excluding carboxylic acids is 2. The van der Waals surface area contributed by atoms with E-state index in [1.54, 1.807) is 36.1 Å². The maximum absolute atomic E-state index is 13.0. The average molecular weight is 554 g/mol. The summed E-state index contributed by atoms with van der Waals surface area (Å²) < 4.78 is 11.0. The monoisotopic (exact) mass is 553 g/mol. The number of rotatable bonds is 5. The molecule has 7 nitrogen and oxygen atoms in total. The quantitative estimate of drug-likeness (QED) is 0.210. The topological polar surface area (TPSA) is 97.0 Å². The Labute approximate surface area is 228 Å².